The van der Waals surface area contributed by atoms with E-state index < -0.39 is 0 Å². The fraction of sp³-hybridized carbons (Fsp3) is 0.381. The smallest absolute Gasteiger partial charge is 0.191 e. The minimum absolute atomic E-state index is 0.190. The van der Waals surface area contributed by atoms with Gasteiger partial charge in [-0.3, -0.25) is 4.99 Å². The molecule has 2 heterocycles. The maximum absolute atomic E-state index is 13.9. The van der Waals surface area contributed by atoms with Crippen LogP contribution in [0.4, 0.5) is 10.1 Å². The molecule has 2 aliphatic rings. The predicted molar refractivity (Wildman–Crippen MR) is 107 cm³/mol. The highest BCUT2D eigenvalue weighted by atomic mass is 19.1. The Morgan fingerprint density at radius 1 is 1.29 bits per heavy atom. The Hall–Kier alpha value is -2.80. The number of para-hydroxylation sites is 1. The lowest BCUT2D eigenvalue weighted by molar-refractivity contribution is -0.0172. The number of aliphatic imine (C=N–C) groups is 1. The lowest BCUT2D eigenvalue weighted by Gasteiger charge is -2.22. The molecule has 7 heteroatoms. The van der Waals surface area contributed by atoms with E-state index in [4.69, 9.17) is 9.47 Å². The van der Waals surface area contributed by atoms with Crippen molar-refractivity contribution in [1.82, 2.24) is 10.6 Å². The molecule has 6 nitrogen and oxygen atoms in total. The lowest BCUT2D eigenvalue weighted by atomic mass is 10.1. The molecule has 1 fully saturated rings. The van der Waals surface area contributed by atoms with Crippen LogP contribution in [0.1, 0.15) is 17.5 Å². The van der Waals surface area contributed by atoms with E-state index in [1.807, 2.05) is 6.07 Å². The number of nitrogens with one attached hydrogen (secondary N) is 2. The van der Waals surface area contributed by atoms with Crippen LogP contribution in [-0.4, -0.2) is 38.9 Å². The van der Waals surface area contributed by atoms with Crippen molar-refractivity contribution in [1.29, 1.82) is 0 Å². The summed E-state index contributed by atoms with van der Waals surface area (Å²) >= 11 is 0. The second-order valence-corrected chi connectivity index (χ2v) is 7.00. The number of hydrogen-bond acceptors (Lipinski definition) is 4. The highest BCUT2D eigenvalue weighted by molar-refractivity contribution is 5.80. The van der Waals surface area contributed by atoms with Crippen molar-refractivity contribution in [2.75, 3.05) is 31.8 Å². The Kier molecular flexibility index (Phi) is 5.62. The van der Waals surface area contributed by atoms with Crippen molar-refractivity contribution in [3.63, 3.8) is 0 Å². The summed E-state index contributed by atoms with van der Waals surface area (Å²) in [4.78, 5) is 6.68. The van der Waals surface area contributed by atoms with Gasteiger partial charge in [0.2, 0.25) is 0 Å². The molecule has 0 aliphatic carbocycles. The number of benzene rings is 2. The van der Waals surface area contributed by atoms with Crippen LogP contribution in [0, 0.1) is 5.82 Å². The third-order valence-corrected chi connectivity index (χ3v) is 5.07. The first kappa shape index (κ1) is 18.6. The number of hydrogen-bond donors (Lipinski definition) is 2. The molecule has 0 saturated carbocycles. The summed E-state index contributed by atoms with van der Waals surface area (Å²) in [5, 5.41) is 6.75. The summed E-state index contributed by atoms with van der Waals surface area (Å²) in [5.74, 6) is 1.11. The van der Waals surface area contributed by atoms with Crippen LogP contribution in [0.15, 0.2) is 47.5 Å². The summed E-state index contributed by atoms with van der Waals surface area (Å²) < 4.78 is 24.7. The van der Waals surface area contributed by atoms with Gasteiger partial charge in [0, 0.05) is 49.5 Å². The topological polar surface area (TPSA) is 58.1 Å². The van der Waals surface area contributed by atoms with Crippen LogP contribution in [-0.2, 0) is 17.9 Å². The van der Waals surface area contributed by atoms with E-state index in [0.29, 0.717) is 30.9 Å². The molecule has 28 heavy (non-hydrogen) atoms. The molecule has 2 aliphatic heterocycles. The molecule has 1 saturated heterocycles. The van der Waals surface area contributed by atoms with Gasteiger partial charge < -0.3 is 25.0 Å². The zero-order chi connectivity index (χ0) is 19.3. The van der Waals surface area contributed by atoms with Gasteiger partial charge in [0.15, 0.2) is 12.8 Å². The summed E-state index contributed by atoms with van der Waals surface area (Å²) in [6.45, 7) is 2.90. The summed E-state index contributed by atoms with van der Waals surface area (Å²) in [5.41, 5.74) is 2.74. The first-order chi connectivity index (χ1) is 13.7. The Morgan fingerprint density at radius 2 is 2.14 bits per heavy atom. The molecule has 1 atom stereocenters. The molecule has 4 rings (SSSR count). The third kappa shape index (κ3) is 4.20. The molecule has 0 aromatic heterocycles. The van der Waals surface area contributed by atoms with Crippen molar-refractivity contribution in [3.05, 3.63) is 59.4 Å². The second kappa shape index (κ2) is 8.48. The van der Waals surface area contributed by atoms with Crippen molar-refractivity contribution >= 4 is 11.6 Å². The Morgan fingerprint density at radius 3 is 2.96 bits per heavy atom. The number of ether oxygens (including phenoxy) is 2. The molecule has 0 radical (unpaired) electrons. The van der Waals surface area contributed by atoms with Gasteiger partial charge in [-0.25, -0.2) is 4.39 Å². The minimum Gasteiger partial charge on any atom is -0.467 e. The fourth-order valence-corrected chi connectivity index (χ4v) is 3.71. The van der Waals surface area contributed by atoms with Gasteiger partial charge in [0.05, 0.1) is 6.61 Å². The van der Waals surface area contributed by atoms with Crippen LogP contribution in [0.25, 0.3) is 0 Å². The van der Waals surface area contributed by atoms with Gasteiger partial charge >= 0.3 is 0 Å². The summed E-state index contributed by atoms with van der Waals surface area (Å²) in [6, 6.07) is 13.7. The van der Waals surface area contributed by atoms with Crippen molar-refractivity contribution in [3.8, 4) is 5.75 Å². The summed E-state index contributed by atoms with van der Waals surface area (Å²) in [7, 11) is 1.74. The molecular formula is C21H25FN4O2. The lowest BCUT2D eigenvalue weighted by Crippen LogP contribution is -2.44. The predicted octanol–water partition coefficient (Wildman–Crippen LogP) is 2.64. The number of rotatable bonds is 4. The number of guanidine groups is 1. The van der Waals surface area contributed by atoms with Crippen LogP contribution < -0.4 is 20.3 Å². The van der Waals surface area contributed by atoms with Gasteiger partial charge in [-0.2, -0.15) is 0 Å². The highest BCUT2D eigenvalue weighted by Gasteiger charge is 2.23. The van der Waals surface area contributed by atoms with E-state index in [1.54, 1.807) is 7.05 Å². The molecule has 2 aromatic carbocycles. The quantitative estimate of drug-likeness (QED) is 0.627. The maximum Gasteiger partial charge on any atom is 0.191 e. The van der Waals surface area contributed by atoms with Crippen LogP contribution in [0.2, 0.25) is 0 Å². The van der Waals surface area contributed by atoms with Crippen LogP contribution in [0.5, 0.6) is 5.75 Å². The van der Waals surface area contributed by atoms with Gasteiger partial charge in [-0.05, 0) is 30.7 Å². The fourth-order valence-electron chi connectivity index (χ4n) is 3.71. The van der Waals surface area contributed by atoms with Crippen LogP contribution >= 0.6 is 0 Å². The van der Waals surface area contributed by atoms with Gasteiger partial charge in [-0.15, -0.1) is 0 Å². The first-order valence-corrected chi connectivity index (χ1v) is 9.52. The summed E-state index contributed by atoms with van der Waals surface area (Å²) in [6.07, 6.45) is 1.03. The largest absolute Gasteiger partial charge is 0.467 e. The Balaban J connectivity index is 1.36. The Labute approximate surface area is 164 Å². The monoisotopic (exact) mass is 384 g/mol. The molecule has 2 N–H and O–H groups in total. The normalized spacial score (nSPS) is 19.1. The molecule has 0 bridgehead atoms. The average molecular weight is 384 g/mol. The highest BCUT2D eigenvalue weighted by Crippen LogP contribution is 2.29. The zero-order valence-electron chi connectivity index (χ0n) is 16.0. The van der Waals surface area contributed by atoms with Gasteiger partial charge in [0.1, 0.15) is 11.6 Å². The SMILES string of the molecule is CN=C(NCc1cc(F)cc2c1OCOC2)NC1CCN(c2ccccc2)C1. The number of fused-ring (bicyclic) bond motifs is 1. The molecule has 0 amide bonds. The van der Waals surface area contributed by atoms with Crippen LogP contribution in [0.3, 0.4) is 0 Å². The average Bonchev–Trinajstić information content (AvgIpc) is 3.20. The Bertz CT molecular complexity index is 844. The number of anilines is 1. The van der Waals surface area contributed by atoms with E-state index in [9.17, 15) is 4.39 Å². The van der Waals surface area contributed by atoms with E-state index in [0.717, 1.165) is 30.6 Å². The second-order valence-electron chi connectivity index (χ2n) is 7.00. The maximum atomic E-state index is 13.9. The van der Waals surface area contributed by atoms with Gasteiger partial charge in [0.25, 0.3) is 0 Å². The number of nitrogens with zero attached hydrogens (tertiary/aromatic N) is 2. The van der Waals surface area contributed by atoms with Crippen molar-refractivity contribution in [2.24, 2.45) is 4.99 Å². The van der Waals surface area contributed by atoms with Crippen molar-refractivity contribution < 1.29 is 13.9 Å². The molecule has 2 aromatic rings. The zero-order valence-corrected chi connectivity index (χ0v) is 16.0. The standard InChI is InChI=1S/C21H25FN4O2/c1-23-21(25-18-7-8-26(12-18)19-5-3-2-4-6-19)24-11-15-9-17(22)10-16-13-27-14-28-20(15)16/h2-6,9-10,18H,7-8,11-14H2,1H3,(H2,23,24,25). The molecule has 148 valence electrons. The molecular weight excluding hydrogens is 359 g/mol. The van der Waals surface area contributed by atoms with E-state index in [2.05, 4.69) is 44.8 Å². The third-order valence-electron chi connectivity index (χ3n) is 5.07. The minimum atomic E-state index is -0.290. The van der Waals surface area contributed by atoms with E-state index >= 15 is 0 Å². The van der Waals surface area contributed by atoms with E-state index in [-0.39, 0.29) is 12.6 Å². The van der Waals surface area contributed by atoms with E-state index in [1.165, 1.54) is 17.8 Å². The molecule has 0 spiro atoms. The molecule has 1 unspecified atom stereocenters. The first-order valence-electron chi connectivity index (χ1n) is 9.52. The van der Waals surface area contributed by atoms with Gasteiger partial charge in [-0.1, -0.05) is 18.2 Å². The number of halogens is 1. The van der Waals surface area contributed by atoms with Crippen molar-refractivity contribution in [2.45, 2.75) is 25.6 Å².